The first-order valence-corrected chi connectivity index (χ1v) is 8.57. The highest BCUT2D eigenvalue weighted by Gasteiger charge is 2.15. The van der Waals surface area contributed by atoms with Crippen molar-refractivity contribution in [2.75, 3.05) is 25.9 Å². The molecule has 27 heavy (non-hydrogen) atoms. The Hall–Kier alpha value is -3.04. The van der Waals surface area contributed by atoms with Crippen LogP contribution in [0.25, 0.3) is 11.3 Å². The number of benzene rings is 1. The average Bonchev–Trinajstić information content (AvgIpc) is 3.30. The van der Waals surface area contributed by atoms with Crippen molar-refractivity contribution in [3.63, 3.8) is 0 Å². The minimum absolute atomic E-state index is 0.0103. The Kier molecular flexibility index (Phi) is 5.94. The van der Waals surface area contributed by atoms with Gasteiger partial charge in [-0.3, -0.25) is 4.79 Å². The molecule has 142 valence electrons. The van der Waals surface area contributed by atoms with E-state index in [0.29, 0.717) is 30.4 Å². The average molecular weight is 393 g/mol. The van der Waals surface area contributed by atoms with E-state index < -0.39 is 5.91 Å². The number of anilines is 1. The van der Waals surface area contributed by atoms with E-state index in [2.05, 4.69) is 20.3 Å². The van der Waals surface area contributed by atoms with Crippen LogP contribution in [0.15, 0.2) is 39.4 Å². The maximum Gasteiger partial charge on any atom is 0.277 e. The van der Waals surface area contributed by atoms with Gasteiger partial charge in [-0.05, 0) is 40.6 Å². The normalized spacial score (nSPS) is 10.7. The fourth-order valence-corrected chi connectivity index (χ4v) is 2.69. The zero-order valence-electron chi connectivity index (χ0n) is 14.6. The number of halogens is 1. The van der Waals surface area contributed by atoms with Crippen molar-refractivity contribution in [3.8, 4) is 17.1 Å². The fraction of sp³-hybridized carbons (Fsp3) is 0.235. The van der Waals surface area contributed by atoms with Gasteiger partial charge in [0.2, 0.25) is 11.5 Å². The monoisotopic (exact) mass is 392 g/mol. The molecule has 0 saturated carbocycles. The zero-order chi connectivity index (χ0) is 19.2. The SMILES string of the molecule is COc1ccc(-c2ccc(C[NH2+]CCNC(=O)c3nonc3N)o2)cc1Cl. The van der Waals surface area contributed by atoms with Crippen LogP contribution in [0.5, 0.6) is 5.75 Å². The van der Waals surface area contributed by atoms with Gasteiger partial charge in [0, 0.05) is 5.56 Å². The van der Waals surface area contributed by atoms with Crippen molar-refractivity contribution in [1.82, 2.24) is 15.6 Å². The minimum Gasteiger partial charge on any atom is -0.495 e. The third-order valence-electron chi connectivity index (χ3n) is 3.81. The molecule has 0 radical (unpaired) electrons. The molecule has 1 amide bonds. The molecular formula is C17H19ClN5O4+. The minimum atomic E-state index is -0.418. The number of ether oxygens (including phenoxy) is 1. The van der Waals surface area contributed by atoms with E-state index in [0.717, 1.165) is 17.1 Å². The van der Waals surface area contributed by atoms with E-state index in [1.807, 2.05) is 23.5 Å². The van der Waals surface area contributed by atoms with Gasteiger partial charge in [0.15, 0.2) is 5.76 Å². The van der Waals surface area contributed by atoms with Gasteiger partial charge in [-0.25, -0.2) is 4.63 Å². The maximum absolute atomic E-state index is 11.8. The second kappa shape index (κ2) is 8.56. The Balaban J connectivity index is 1.45. The summed E-state index contributed by atoms with van der Waals surface area (Å²) in [5, 5.41) is 12.0. The predicted molar refractivity (Wildman–Crippen MR) is 97.2 cm³/mol. The van der Waals surface area contributed by atoms with Crippen molar-refractivity contribution >= 4 is 23.3 Å². The van der Waals surface area contributed by atoms with Crippen molar-refractivity contribution in [2.24, 2.45) is 0 Å². The van der Waals surface area contributed by atoms with Crippen LogP contribution in [0.3, 0.4) is 0 Å². The topological polar surface area (TPSA) is 133 Å². The molecule has 0 spiro atoms. The molecule has 1 aromatic carbocycles. The smallest absolute Gasteiger partial charge is 0.277 e. The van der Waals surface area contributed by atoms with E-state index in [4.69, 9.17) is 26.5 Å². The number of furan rings is 1. The molecule has 0 bridgehead atoms. The lowest BCUT2D eigenvalue weighted by molar-refractivity contribution is -0.670. The van der Waals surface area contributed by atoms with E-state index in [1.54, 1.807) is 19.2 Å². The van der Waals surface area contributed by atoms with Crippen molar-refractivity contribution in [1.29, 1.82) is 0 Å². The van der Waals surface area contributed by atoms with Crippen LogP contribution in [-0.4, -0.2) is 36.4 Å². The van der Waals surface area contributed by atoms with Crippen LogP contribution in [0.1, 0.15) is 16.2 Å². The Labute approximate surface area is 159 Å². The second-order valence-electron chi connectivity index (χ2n) is 5.65. The summed E-state index contributed by atoms with van der Waals surface area (Å²) < 4.78 is 15.4. The number of nitrogen functional groups attached to an aromatic ring is 1. The van der Waals surface area contributed by atoms with E-state index in [-0.39, 0.29) is 11.5 Å². The van der Waals surface area contributed by atoms with Crippen LogP contribution in [0, 0.1) is 0 Å². The van der Waals surface area contributed by atoms with E-state index in [1.165, 1.54) is 0 Å². The molecule has 3 rings (SSSR count). The molecule has 0 aliphatic carbocycles. The first-order valence-electron chi connectivity index (χ1n) is 8.19. The number of hydrogen-bond acceptors (Lipinski definition) is 7. The number of quaternary nitrogens is 1. The van der Waals surface area contributed by atoms with Crippen LogP contribution in [0.2, 0.25) is 5.02 Å². The number of carbonyl (C=O) groups is 1. The number of aromatic nitrogens is 2. The molecule has 0 saturated heterocycles. The third-order valence-corrected chi connectivity index (χ3v) is 4.10. The number of nitrogens with zero attached hydrogens (tertiary/aromatic N) is 2. The van der Waals surface area contributed by atoms with Gasteiger partial charge in [0.1, 0.15) is 18.1 Å². The van der Waals surface area contributed by atoms with E-state index >= 15 is 0 Å². The molecule has 2 aromatic heterocycles. The summed E-state index contributed by atoms with van der Waals surface area (Å²) >= 11 is 6.15. The molecule has 5 N–H and O–H groups in total. The molecule has 9 nitrogen and oxygen atoms in total. The number of rotatable bonds is 8. The quantitative estimate of drug-likeness (QED) is 0.488. The lowest BCUT2D eigenvalue weighted by Gasteiger charge is -2.04. The van der Waals surface area contributed by atoms with Gasteiger partial charge < -0.3 is 25.5 Å². The molecule has 0 aliphatic heterocycles. The summed E-state index contributed by atoms with van der Waals surface area (Å²) in [6.45, 7) is 1.72. The predicted octanol–water partition coefficient (Wildman–Crippen LogP) is 1.07. The molecule has 0 aliphatic rings. The van der Waals surface area contributed by atoms with Crippen LogP contribution in [0.4, 0.5) is 5.82 Å². The fourth-order valence-electron chi connectivity index (χ4n) is 2.43. The summed E-state index contributed by atoms with van der Waals surface area (Å²) in [5.74, 6) is 1.71. The third kappa shape index (κ3) is 4.57. The largest absolute Gasteiger partial charge is 0.495 e. The lowest BCUT2D eigenvalue weighted by Crippen LogP contribution is -2.84. The Bertz CT molecular complexity index is 924. The first-order chi connectivity index (χ1) is 13.1. The maximum atomic E-state index is 11.8. The number of carbonyl (C=O) groups excluding carboxylic acids is 1. The molecule has 3 aromatic rings. The Morgan fingerprint density at radius 2 is 2.19 bits per heavy atom. The van der Waals surface area contributed by atoms with Gasteiger partial charge in [-0.15, -0.1) is 0 Å². The molecule has 0 fully saturated rings. The Morgan fingerprint density at radius 3 is 2.89 bits per heavy atom. The molecular weight excluding hydrogens is 374 g/mol. The highest BCUT2D eigenvalue weighted by atomic mass is 35.5. The highest BCUT2D eigenvalue weighted by molar-refractivity contribution is 6.32. The van der Waals surface area contributed by atoms with Crippen LogP contribution in [-0.2, 0) is 6.54 Å². The molecule has 0 atom stereocenters. The zero-order valence-corrected chi connectivity index (χ0v) is 15.3. The van der Waals surface area contributed by atoms with Crippen LogP contribution >= 0.6 is 11.6 Å². The summed E-state index contributed by atoms with van der Waals surface area (Å²) in [6.07, 6.45) is 0. The summed E-state index contributed by atoms with van der Waals surface area (Å²) in [5.41, 5.74) is 6.32. The number of methoxy groups -OCH3 is 1. The summed E-state index contributed by atoms with van der Waals surface area (Å²) in [4.78, 5) is 11.8. The molecule has 10 heteroatoms. The highest BCUT2D eigenvalue weighted by Crippen LogP contribution is 2.30. The molecule has 0 unspecified atom stereocenters. The second-order valence-corrected chi connectivity index (χ2v) is 6.06. The Morgan fingerprint density at radius 1 is 1.33 bits per heavy atom. The van der Waals surface area contributed by atoms with Crippen molar-refractivity contribution < 1.29 is 23.9 Å². The van der Waals surface area contributed by atoms with Gasteiger partial charge in [0.25, 0.3) is 5.91 Å². The number of nitrogens with one attached hydrogen (secondary N) is 1. The standard InChI is InChI=1S/C17H18ClN5O4/c1-25-14-4-2-10(8-12(14)18)13-5-3-11(26-13)9-20-6-7-21-17(24)15-16(19)23-27-22-15/h2-5,8,20H,6-7,9H2,1H3,(H2,19,23)(H,21,24)/p+1. The number of amides is 1. The summed E-state index contributed by atoms with van der Waals surface area (Å²) in [6, 6.07) is 9.28. The lowest BCUT2D eigenvalue weighted by atomic mass is 10.2. The molecule has 2 heterocycles. The van der Waals surface area contributed by atoms with Gasteiger partial charge in [0.05, 0.1) is 25.2 Å². The first kappa shape index (κ1) is 18.7. The van der Waals surface area contributed by atoms with E-state index in [9.17, 15) is 4.79 Å². The number of nitrogens with two attached hydrogens (primary N) is 2. The summed E-state index contributed by atoms with van der Waals surface area (Å²) in [7, 11) is 1.57. The van der Waals surface area contributed by atoms with Gasteiger partial charge in [-0.1, -0.05) is 11.6 Å². The van der Waals surface area contributed by atoms with Gasteiger partial charge >= 0.3 is 0 Å². The van der Waals surface area contributed by atoms with Crippen LogP contribution < -0.4 is 21.1 Å². The van der Waals surface area contributed by atoms with Gasteiger partial charge in [-0.2, -0.15) is 0 Å². The van der Waals surface area contributed by atoms with Crippen molar-refractivity contribution in [3.05, 3.63) is 46.8 Å². The number of hydrogen-bond donors (Lipinski definition) is 3. The van der Waals surface area contributed by atoms with Crippen molar-refractivity contribution in [2.45, 2.75) is 6.54 Å².